The topological polar surface area (TPSA) is 12.0 Å². The highest BCUT2D eigenvalue weighted by molar-refractivity contribution is 9.10. The summed E-state index contributed by atoms with van der Waals surface area (Å²) in [5.74, 6) is -0.216. The highest BCUT2D eigenvalue weighted by atomic mass is 79.9. The van der Waals surface area contributed by atoms with Gasteiger partial charge in [0.15, 0.2) is 0 Å². The number of hydrogen-bond acceptors (Lipinski definition) is 1. The van der Waals surface area contributed by atoms with Crippen molar-refractivity contribution < 1.29 is 4.39 Å². The van der Waals surface area contributed by atoms with E-state index in [1.54, 1.807) is 6.07 Å². The van der Waals surface area contributed by atoms with Gasteiger partial charge in [0.2, 0.25) is 0 Å². The van der Waals surface area contributed by atoms with Crippen molar-refractivity contribution in [2.24, 2.45) is 0 Å². The second-order valence-electron chi connectivity index (χ2n) is 5.06. The van der Waals surface area contributed by atoms with Crippen molar-refractivity contribution in [2.75, 3.05) is 6.54 Å². The lowest BCUT2D eigenvalue weighted by Crippen LogP contribution is -2.24. The van der Waals surface area contributed by atoms with E-state index in [9.17, 15) is 4.39 Å². The normalized spacial score (nSPS) is 12.4. The molecular weight excluding hydrogens is 353 g/mol. The summed E-state index contributed by atoms with van der Waals surface area (Å²) in [6.07, 6.45) is 1.01. The number of benzene rings is 2. The number of hydrogen-bond donors (Lipinski definition) is 1. The zero-order valence-corrected chi connectivity index (χ0v) is 14.4. The van der Waals surface area contributed by atoms with E-state index in [4.69, 9.17) is 11.6 Å². The summed E-state index contributed by atoms with van der Waals surface area (Å²) in [7, 11) is 0. The Hall–Kier alpha value is -0.900. The molecule has 0 heterocycles. The molecular formula is C17H18BrClFN. The summed E-state index contributed by atoms with van der Waals surface area (Å²) in [5, 5.41) is 4.16. The zero-order valence-electron chi connectivity index (χ0n) is 12.1. The maximum Gasteiger partial charge on any atom is 0.123 e. The van der Waals surface area contributed by atoms with Crippen LogP contribution in [-0.4, -0.2) is 6.54 Å². The Morgan fingerprint density at radius 3 is 2.67 bits per heavy atom. The number of aryl methyl sites for hydroxylation is 1. The molecule has 2 aromatic rings. The minimum Gasteiger partial charge on any atom is -0.306 e. The summed E-state index contributed by atoms with van der Waals surface area (Å²) < 4.78 is 14.5. The first-order valence-corrected chi connectivity index (χ1v) is 8.14. The lowest BCUT2D eigenvalue weighted by molar-refractivity contribution is 0.583. The fourth-order valence-electron chi connectivity index (χ4n) is 2.31. The molecule has 4 heteroatoms. The molecule has 1 unspecified atom stereocenters. The first kappa shape index (κ1) is 16.5. The summed E-state index contributed by atoms with van der Waals surface area (Å²) in [5.41, 5.74) is 3.09. The van der Waals surface area contributed by atoms with Gasteiger partial charge in [0.1, 0.15) is 5.82 Å². The van der Waals surface area contributed by atoms with Gasteiger partial charge < -0.3 is 5.32 Å². The molecule has 2 rings (SSSR count). The minimum absolute atomic E-state index is 0.0470. The van der Waals surface area contributed by atoms with Crippen molar-refractivity contribution in [3.8, 4) is 0 Å². The molecule has 0 aliphatic rings. The van der Waals surface area contributed by atoms with Crippen LogP contribution in [0.2, 0.25) is 5.02 Å². The maximum absolute atomic E-state index is 13.6. The van der Waals surface area contributed by atoms with Crippen molar-refractivity contribution in [2.45, 2.75) is 26.3 Å². The molecule has 1 atom stereocenters. The molecule has 0 spiro atoms. The van der Waals surface area contributed by atoms with Crippen LogP contribution in [-0.2, 0) is 0 Å². The molecule has 21 heavy (non-hydrogen) atoms. The molecule has 0 radical (unpaired) electrons. The minimum atomic E-state index is -0.216. The van der Waals surface area contributed by atoms with Crippen molar-refractivity contribution in [1.29, 1.82) is 0 Å². The Morgan fingerprint density at radius 1 is 1.24 bits per heavy atom. The Kier molecular flexibility index (Phi) is 5.80. The van der Waals surface area contributed by atoms with Gasteiger partial charge in [-0.2, -0.15) is 0 Å². The lowest BCUT2D eigenvalue weighted by Gasteiger charge is -2.22. The first-order valence-electron chi connectivity index (χ1n) is 6.97. The van der Waals surface area contributed by atoms with Crippen LogP contribution in [0.25, 0.3) is 0 Å². The van der Waals surface area contributed by atoms with E-state index in [-0.39, 0.29) is 11.9 Å². The largest absolute Gasteiger partial charge is 0.306 e. The van der Waals surface area contributed by atoms with Crippen LogP contribution in [0.3, 0.4) is 0 Å². The van der Waals surface area contributed by atoms with E-state index in [0.717, 1.165) is 34.1 Å². The molecule has 0 saturated carbocycles. The Bertz CT molecular complexity index is 630. The van der Waals surface area contributed by atoms with Crippen molar-refractivity contribution >= 4 is 27.5 Å². The highest BCUT2D eigenvalue weighted by Gasteiger charge is 2.17. The maximum atomic E-state index is 13.6. The van der Waals surface area contributed by atoms with Crippen LogP contribution in [0.4, 0.5) is 4.39 Å². The standard InChI is InChI=1S/C17H18BrClFN/c1-3-8-21-17(12-5-7-16(19)15(18)9-12)14-10-13(20)6-4-11(14)2/h4-7,9-10,17,21H,3,8H2,1-2H3. The monoisotopic (exact) mass is 369 g/mol. The predicted molar refractivity (Wildman–Crippen MR) is 90.4 cm³/mol. The van der Waals surface area contributed by atoms with Crippen LogP contribution in [0.15, 0.2) is 40.9 Å². The lowest BCUT2D eigenvalue weighted by atomic mass is 9.94. The van der Waals surface area contributed by atoms with Crippen LogP contribution < -0.4 is 5.32 Å². The van der Waals surface area contributed by atoms with Crippen LogP contribution >= 0.6 is 27.5 Å². The van der Waals surface area contributed by atoms with Gasteiger partial charge >= 0.3 is 0 Å². The van der Waals surface area contributed by atoms with Gasteiger partial charge in [-0.3, -0.25) is 0 Å². The molecule has 2 aromatic carbocycles. The van der Waals surface area contributed by atoms with Crippen molar-refractivity contribution in [1.82, 2.24) is 5.32 Å². The van der Waals surface area contributed by atoms with Gasteiger partial charge in [-0.05, 0) is 76.8 Å². The van der Waals surface area contributed by atoms with Crippen molar-refractivity contribution in [3.05, 3.63) is 68.4 Å². The average Bonchev–Trinajstić information content (AvgIpc) is 2.46. The second kappa shape index (κ2) is 7.39. The molecule has 0 bridgehead atoms. The van der Waals surface area contributed by atoms with E-state index >= 15 is 0 Å². The predicted octanol–water partition coefficient (Wildman–Crippen LogP) is 5.64. The second-order valence-corrected chi connectivity index (χ2v) is 6.32. The van der Waals surface area contributed by atoms with Gasteiger partial charge in [0.25, 0.3) is 0 Å². The fraction of sp³-hybridized carbons (Fsp3) is 0.294. The van der Waals surface area contributed by atoms with Crippen molar-refractivity contribution in [3.63, 3.8) is 0 Å². The summed E-state index contributed by atoms with van der Waals surface area (Å²) in [4.78, 5) is 0. The van der Waals surface area contributed by atoms with Gasteiger partial charge in [0.05, 0.1) is 11.1 Å². The fourth-order valence-corrected chi connectivity index (χ4v) is 2.82. The molecule has 0 aromatic heterocycles. The molecule has 0 aliphatic carbocycles. The van der Waals surface area contributed by atoms with E-state index in [0.29, 0.717) is 5.02 Å². The third-order valence-electron chi connectivity index (χ3n) is 3.43. The molecule has 1 N–H and O–H groups in total. The summed E-state index contributed by atoms with van der Waals surface area (Å²) in [6.45, 7) is 4.97. The molecule has 112 valence electrons. The Morgan fingerprint density at radius 2 is 2.00 bits per heavy atom. The number of rotatable bonds is 5. The van der Waals surface area contributed by atoms with Crippen LogP contribution in [0.5, 0.6) is 0 Å². The Balaban J connectivity index is 2.46. The van der Waals surface area contributed by atoms with Gasteiger partial charge in [-0.15, -0.1) is 0 Å². The highest BCUT2D eigenvalue weighted by Crippen LogP contribution is 2.30. The quantitative estimate of drug-likeness (QED) is 0.718. The zero-order chi connectivity index (χ0) is 15.4. The molecule has 0 amide bonds. The molecule has 0 saturated heterocycles. The number of halogens is 3. The Labute approximate surface area is 138 Å². The molecule has 0 fully saturated rings. The van der Waals surface area contributed by atoms with Gasteiger partial charge in [-0.1, -0.05) is 30.7 Å². The van der Waals surface area contributed by atoms with Crippen LogP contribution in [0.1, 0.15) is 36.1 Å². The SMILES string of the molecule is CCCNC(c1ccc(Cl)c(Br)c1)c1cc(F)ccc1C. The van der Waals surface area contributed by atoms with Crippen LogP contribution in [0, 0.1) is 12.7 Å². The smallest absolute Gasteiger partial charge is 0.123 e. The molecule has 0 aliphatic heterocycles. The summed E-state index contributed by atoms with van der Waals surface area (Å²) in [6, 6.07) is 10.7. The first-order chi connectivity index (χ1) is 10.0. The average molecular weight is 371 g/mol. The van der Waals surface area contributed by atoms with E-state index in [1.165, 1.54) is 6.07 Å². The van der Waals surface area contributed by atoms with E-state index in [1.807, 2.05) is 31.2 Å². The summed E-state index contributed by atoms with van der Waals surface area (Å²) >= 11 is 9.52. The van der Waals surface area contributed by atoms with Gasteiger partial charge in [0, 0.05) is 4.47 Å². The van der Waals surface area contributed by atoms with Gasteiger partial charge in [-0.25, -0.2) is 4.39 Å². The third-order valence-corrected chi connectivity index (χ3v) is 4.64. The third kappa shape index (κ3) is 4.06. The van der Waals surface area contributed by atoms with E-state index in [2.05, 4.69) is 28.2 Å². The van der Waals surface area contributed by atoms with E-state index < -0.39 is 0 Å². The molecule has 1 nitrogen and oxygen atoms in total. The number of nitrogens with one attached hydrogen (secondary N) is 1.